The number of fused-ring (bicyclic) bond motifs is 5. The summed E-state index contributed by atoms with van der Waals surface area (Å²) in [6.07, 6.45) is 10.2. The van der Waals surface area contributed by atoms with Crippen molar-refractivity contribution in [3.8, 4) is 5.75 Å². The van der Waals surface area contributed by atoms with E-state index in [0.29, 0.717) is 43.2 Å². The van der Waals surface area contributed by atoms with Gasteiger partial charge in [-0.05, 0) is 111 Å². The van der Waals surface area contributed by atoms with Crippen LogP contribution in [0.5, 0.6) is 5.75 Å². The van der Waals surface area contributed by atoms with Gasteiger partial charge in [0.25, 0.3) is 5.91 Å². The molecule has 2 aromatic carbocycles. The largest absolute Gasteiger partial charge is 0.490 e. The SMILES string of the molecule is O=C1NS(=O)(=O)[C@H]2CCC2C/C=C/[C@H](O)[C@@H]2CC[C@H]2CN2C[C@@]3(CCCc4cc(Cl)ccc43)COc3ccc1cc32. The Balaban J connectivity index is 1.29. The average Bonchev–Trinajstić information content (AvgIpc) is 3.04. The maximum Gasteiger partial charge on any atom is 0.264 e. The van der Waals surface area contributed by atoms with Crippen molar-refractivity contribution in [2.75, 3.05) is 24.6 Å². The second-order valence-corrected chi connectivity index (χ2v) is 15.1. The number of sulfonamides is 1. The van der Waals surface area contributed by atoms with E-state index in [9.17, 15) is 18.3 Å². The van der Waals surface area contributed by atoms with Gasteiger partial charge in [0, 0.05) is 29.1 Å². The predicted octanol–water partition coefficient (Wildman–Crippen LogP) is 5.00. The van der Waals surface area contributed by atoms with Gasteiger partial charge in [0.05, 0.1) is 23.6 Å². The van der Waals surface area contributed by atoms with E-state index in [1.54, 1.807) is 18.2 Å². The molecule has 218 valence electrons. The Bertz CT molecular complexity index is 1510. The van der Waals surface area contributed by atoms with Crippen LogP contribution in [0.4, 0.5) is 5.69 Å². The maximum atomic E-state index is 13.3. The van der Waals surface area contributed by atoms with E-state index in [1.807, 2.05) is 18.2 Å². The zero-order chi connectivity index (χ0) is 28.4. The number of anilines is 1. The molecule has 0 radical (unpaired) electrons. The number of hydrogen-bond acceptors (Lipinski definition) is 6. The highest BCUT2D eigenvalue weighted by Gasteiger charge is 2.45. The Kier molecular flexibility index (Phi) is 6.87. The lowest BCUT2D eigenvalue weighted by Gasteiger charge is -2.45. The monoisotopic (exact) mass is 596 g/mol. The van der Waals surface area contributed by atoms with Gasteiger partial charge in [-0.15, -0.1) is 0 Å². The van der Waals surface area contributed by atoms with Gasteiger partial charge in [-0.3, -0.25) is 4.79 Å². The number of allylic oxidation sites excluding steroid dienone is 1. The van der Waals surface area contributed by atoms with Crippen LogP contribution in [-0.4, -0.2) is 50.5 Å². The smallest absolute Gasteiger partial charge is 0.264 e. The number of carbonyl (C=O) groups is 1. The number of halogens is 1. The number of carbonyl (C=O) groups excluding carboxylic acids is 1. The fourth-order valence-corrected chi connectivity index (χ4v) is 9.75. The summed E-state index contributed by atoms with van der Waals surface area (Å²) < 4.78 is 35.2. The first-order valence-corrected chi connectivity index (χ1v) is 16.9. The molecule has 2 N–H and O–H groups in total. The predicted molar refractivity (Wildman–Crippen MR) is 159 cm³/mol. The van der Waals surface area contributed by atoms with Crippen LogP contribution < -0.4 is 14.4 Å². The van der Waals surface area contributed by atoms with Crippen LogP contribution >= 0.6 is 11.6 Å². The van der Waals surface area contributed by atoms with Crippen molar-refractivity contribution in [1.82, 2.24) is 4.72 Å². The molecule has 41 heavy (non-hydrogen) atoms. The van der Waals surface area contributed by atoms with Crippen LogP contribution in [0.3, 0.4) is 0 Å². The number of aliphatic hydroxyl groups is 1. The lowest BCUT2D eigenvalue weighted by Crippen LogP contribution is -2.49. The van der Waals surface area contributed by atoms with Crippen molar-refractivity contribution in [3.63, 3.8) is 0 Å². The minimum atomic E-state index is -3.82. The minimum absolute atomic E-state index is 0.0470. The van der Waals surface area contributed by atoms with Crippen LogP contribution in [0.15, 0.2) is 48.6 Å². The molecule has 2 bridgehead atoms. The van der Waals surface area contributed by atoms with E-state index < -0.39 is 27.3 Å². The van der Waals surface area contributed by atoms with E-state index in [4.69, 9.17) is 16.3 Å². The molecule has 2 aromatic rings. The molecule has 2 fully saturated rings. The Hall–Kier alpha value is -2.55. The van der Waals surface area contributed by atoms with E-state index in [0.717, 1.165) is 55.8 Å². The summed E-state index contributed by atoms with van der Waals surface area (Å²) >= 11 is 6.38. The summed E-state index contributed by atoms with van der Waals surface area (Å²) in [6, 6.07) is 11.4. The van der Waals surface area contributed by atoms with Crippen molar-refractivity contribution < 1.29 is 23.1 Å². The summed E-state index contributed by atoms with van der Waals surface area (Å²) in [6.45, 7) is 1.94. The Morgan fingerprint density at radius 1 is 1.07 bits per heavy atom. The number of hydrogen-bond donors (Lipinski definition) is 2. The summed E-state index contributed by atoms with van der Waals surface area (Å²) in [5.41, 5.74) is 3.38. The van der Waals surface area contributed by atoms with Gasteiger partial charge in [0.15, 0.2) is 0 Å². The molecular formula is C32H37ClN2O5S. The third kappa shape index (κ3) is 4.86. The third-order valence-electron chi connectivity index (χ3n) is 10.4. The summed E-state index contributed by atoms with van der Waals surface area (Å²) in [4.78, 5) is 15.7. The zero-order valence-electron chi connectivity index (χ0n) is 23.1. The van der Waals surface area contributed by atoms with E-state index in [-0.39, 0.29) is 17.3 Å². The molecule has 1 amide bonds. The highest BCUT2D eigenvalue weighted by Crippen LogP contribution is 2.47. The van der Waals surface area contributed by atoms with Crippen molar-refractivity contribution >= 4 is 33.2 Å². The molecule has 2 saturated carbocycles. The van der Waals surface area contributed by atoms with Crippen LogP contribution in [0, 0.1) is 17.8 Å². The van der Waals surface area contributed by atoms with Crippen LogP contribution in [0.1, 0.15) is 66.4 Å². The topological polar surface area (TPSA) is 95.9 Å². The second kappa shape index (κ2) is 10.3. The molecule has 5 aliphatic rings. The molecule has 7 nitrogen and oxygen atoms in total. The fourth-order valence-electron chi connectivity index (χ4n) is 7.83. The lowest BCUT2D eigenvalue weighted by molar-refractivity contribution is 0.0455. The maximum absolute atomic E-state index is 13.3. The molecule has 0 aromatic heterocycles. The lowest BCUT2D eigenvalue weighted by atomic mass is 9.68. The zero-order valence-corrected chi connectivity index (χ0v) is 24.7. The number of aliphatic hydroxyl groups excluding tert-OH is 1. The van der Waals surface area contributed by atoms with Gasteiger partial charge in [0.2, 0.25) is 10.0 Å². The Morgan fingerprint density at radius 3 is 2.71 bits per heavy atom. The van der Waals surface area contributed by atoms with Crippen LogP contribution in [0.2, 0.25) is 5.02 Å². The molecular weight excluding hydrogens is 560 g/mol. The molecule has 7 rings (SSSR count). The van der Waals surface area contributed by atoms with Gasteiger partial charge in [-0.1, -0.05) is 29.8 Å². The Labute approximate surface area is 247 Å². The molecule has 2 heterocycles. The molecule has 6 atom stereocenters. The standard InChI is InChI=1S/C32H37ClN2O5S/c33-24-9-11-26-21(15-24)4-2-14-32(26)18-35-17-23-6-10-25(23)28(36)5-1-3-20-8-13-30(20)41(38,39)34-31(37)22-7-12-29(40-19-32)27(35)16-22/h1,5,7,9,11-12,15-16,20,23,25,28,30,36H,2-4,6,8,10,13-14,17-19H2,(H,34,37)/b5-1+/t20?,23-,25+,28-,30-,32-/m0/s1. The van der Waals surface area contributed by atoms with Gasteiger partial charge in [-0.2, -0.15) is 0 Å². The molecule has 0 saturated heterocycles. The number of rotatable bonds is 0. The van der Waals surface area contributed by atoms with Crippen molar-refractivity contribution in [2.24, 2.45) is 17.8 Å². The number of nitrogens with zero attached hydrogens (tertiary/aromatic N) is 1. The number of aryl methyl sites for hydroxylation is 1. The van der Waals surface area contributed by atoms with Crippen molar-refractivity contribution in [3.05, 3.63) is 70.3 Å². The quantitative estimate of drug-likeness (QED) is 0.416. The van der Waals surface area contributed by atoms with E-state index in [2.05, 4.69) is 21.8 Å². The normalized spacial score (nSPS) is 34.8. The molecule has 1 spiro atoms. The molecule has 1 unspecified atom stereocenters. The molecule has 3 aliphatic carbocycles. The van der Waals surface area contributed by atoms with E-state index in [1.165, 1.54) is 11.1 Å². The average molecular weight is 597 g/mol. The summed E-state index contributed by atoms with van der Waals surface area (Å²) in [7, 11) is -3.82. The number of nitrogens with one attached hydrogen (secondary N) is 1. The first kappa shape index (κ1) is 27.3. The highest BCUT2D eigenvalue weighted by molar-refractivity contribution is 7.90. The van der Waals surface area contributed by atoms with Crippen molar-refractivity contribution in [1.29, 1.82) is 0 Å². The highest BCUT2D eigenvalue weighted by atomic mass is 35.5. The van der Waals surface area contributed by atoms with Gasteiger partial charge < -0.3 is 14.7 Å². The van der Waals surface area contributed by atoms with Crippen LogP contribution in [0.25, 0.3) is 0 Å². The van der Waals surface area contributed by atoms with Gasteiger partial charge >= 0.3 is 0 Å². The fraction of sp³-hybridized carbons (Fsp3) is 0.531. The molecule has 2 aliphatic heterocycles. The van der Waals surface area contributed by atoms with E-state index >= 15 is 0 Å². The first-order chi connectivity index (χ1) is 19.7. The van der Waals surface area contributed by atoms with Crippen molar-refractivity contribution in [2.45, 2.75) is 68.1 Å². The minimum Gasteiger partial charge on any atom is -0.490 e. The second-order valence-electron chi connectivity index (χ2n) is 12.8. The first-order valence-electron chi connectivity index (χ1n) is 14.9. The Morgan fingerprint density at radius 2 is 1.93 bits per heavy atom. The number of amides is 1. The summed E-state index contributed by atoms with van der Waals surface area (Å²) in [5, 5.41) is 11.3. The number of ether oxygens (including phenoxy) is 1. The van der Waals surface area contributed by atoms with Crippen LogP contribution in [-0.2, 0) is 21.9 Å². The summed E-state index contributed by atoms with van der Waals surface area (Å²) in [5.74, 6) is 0.489. The van der Waals surface area contributed by atoms with Gasteiger partial charge in [0.1, 0.15) is 5.75 Å². The third-order valence-corrected chi connectivity index (χ3v) is 12.5. The molecule has 9 heteroatoms. The van der Waals surface area contributed by atoms with Gasteiger partial charge in [-0.25, -0.2) is 13.1 Å². The number of benzene rings is 2.